The number of ether oxygens (including phenoxy) is 1. The molecule has 0 amide bonds. The number of benzene rings is 5. The number of fused-ring (bicyclic) bond motifs is 12. The van der Waals surface area contributed by atoms with Gasteiger partial charge in [0.1, 0.15) is 23.5 Å². The van der Waals surface area contributed by atoms with E-state index < -0.39 is 5.41 Å². The molecule has 0 aromatic heterocycles. The van der Waals surface area contributed by atoms with Crippen LogP contribution >= 0.6 is 0 Å². The van der Waals surface area contributed by atoms with Gasteiger partial charge in [0.05, 0.1) is 17.2 Å². The second-order valence-electron chi connectivity index (χ2n) is 14.1. The van der Waals surface area contributed by atoms with Gasteiger partial charge in [-0.1, -0.05) is 140 Å². The molecule has 51 heavy (non-hydrogen) atoms. The largest absolute Gasteiger partial charge is 0.457 e. The van der Waals surface area contributed by atoms with Crippen LogP contribution in [0.25, 0.3) is 5.57 Å². The number of hydrogen-bond acceptors (Lipinski definition) is 4. The minimum absolute atomic E-state index is 0.0276. The van der Waals surface area contributed by atoms with Crippen molar-refractivity contribution >= 4 is 17.0 Å². The molecular weight excluding hydrogens is 623 g/mol. The van der Waals surface area contributed by atoms with Crippen molar-refractivity contribution in [2.45, 2.75) is 36.4 Å². The molecule has 3 aliphatic carbocycles. The minimum atomic E-state index is -0.508. The van der Waals surface area contributed by atoms with Crippen molar-refractivity contribution in [3.8, 4) is 11.5 Å². The lowest BCUT2D eigenvalue weighted by Crippen LogP contribution is -2.43. The maximum Gasteiger partial charge on any atom is 0.146 e. The van der Waals surface area contributed by atoms with Crippen molar-refractivity contribution in [2.24, 2.45) is 4.99 Å². The van der Waals surface area contributed by atoms with Crippen molar-refractivity contribution < 1.29 is 4.74 Å². The van der Waals surface area contributed by atoms with E-state index in [0.29, 0.717) is 0 Å². The summed E-state index contributed by atoms with van der Waals surface area (Å²) in [5, 5.41) is 3.95. The average Bonchev–Trinajstić information content (AvgIpc) is 3.70. The fraction of sp³-hybridized carbons (Fsp3) is 0.128. The predicted octanol–water partition coefficient (Wildman–Crippen LogP) is 10.3. The number of para-hydroxylation sites is 3. The van der Waals surface area contributed by atoms with E-state index >= 15 is 0 Å². The van der Waals surface area contributed by atoms with Crippen LogP contribution in [0.15, 0.2) is 186 Å². The minimum Gasteiger partial charge on any atom is -0.457 e. The highest BCUT2D eigenvalue weighted by molar-refractivity contribution is 6.10. The SMILES string of the molecule is C1=CCCC(C2=NC(c3ccccc3)NC(N3c4ccccc4C4C=CC5=C(c6ccccc6C56c5ccccc5Oc5ccccc56)C43)=C2)=C1. The molecule has 5 aromatic rings. The number of aliphatic imine (C=N–C) groups is 1. The van der Waals surface area contributed by atoms with Crippen LogP contribution in [0.2, 0.25) is 0 Å². The van der Waals surface area contributed by atoms with Crippen molar-refractivity contribution in [1.82, 2.24) is 5.32 Å². The second-order valence-corrected chi connectivity index (χ2v) is 14.1. The van der Waals surface area contributed by atoms with Gasteiger partial charge in [-0.3, -0.25) is 4.99 Å². The first-order valence-electron chi connectivity index (χ1n) is 18.1. The van der Waals surface area contributed by atoms with Crippen molar-refractivity contribution in [2.75, 3.05) is 4.90 Å². The van der Waals surface area contributed by atoms with Crippen LogP contribution in [0.3, 0.4) is 0 Å². The van der Waals surface area contributed by atoms with Crippen molar-refractivity contribution in [3.63, 3.8) is 0 Å². The maximum atomic E-state index is 6.64. The molecule has 0 saturated heterocycles. The van der Waals surface area contributed by atoms with Crippen molar-refractivity contribution in [1.29, 1.82) is 0 Å². The second kappa shape index (κ2) is 10.9. The van der Waals surface area contributed by atoms with E-state index in [1.165, 1.54) is 50.2 Å². The molecule has 11 rings (SSSR count). The summed E-state index contributed by atoms with van der Waals surface area (Å²) < 4.78 is 6.64. The van der Waals surface area contributed by atoms with E-state index in [0.717, 1.165) is 41.4 Å². The van der Waals surface area contributed by atoms with E-state index in [1.54, 1.807) is 0 Å². The molecule has 1 spiro atoms. The quantitative estimate of drug-likeness (QED) is 0.210. The normalized spacial score (nSPS) is 22.7. The summed E-state index contributed by atoms with van der Waals surface area (Å²) in [6.45, 7) is 0. The third kappa shape index (κ3) is 3.99. The van der Waals surface area contributed by atoms with Crippen LogP contribution in [-0.2, 0) is 5.41 Å². The summed E-state index contributed by atoms with van der Waals surface area (Å²) in [7, 11) is 0. The lowest BCUT2D eigenvalue weighted by molar-refractivity contribution is 0.435. The Morgan fingerprint density at radius 2 is 1.45 bits per heavy atom. The van der Waals surface area contributed by atoms with Crippen LogP contribution in [0.5, 0.6) is 11.5 Å². The Balaban J connectivity index is 1.16. The van der Waals surface area contributed by atoms with E-state index in [-0.39, 0.29) is 18.1 Å². The molecule has 0 radical (unpaired) electrons. The van der Waals surface area contributed by atoms with Gasteiger partial charge in [0.15, 0.2) is 0 Å². The number of rotatable bonds is 3. The maximum absolute atomic E-state index is 6.64. The number of hydrogen-bond donors (Lipinski definition) is 1. The Labute approximate surface area is 298 Å². The van der Waals surface area contributed by atoms with Gasteiger partial charge in [0, 0.05) is 28.8 Å². The van der Waals surface area contributed by atoms with E-state index in [9.17, 15) is 0 Å². The zero-order chi connectivity index (χ0) is 33.5. The predicted molar refractivity (Wildman–Crippen MR) is 205 cm³/mol. The monoisotopic (exact) mass is 657 g/mol. The number of allylic oxidation sites excluding steroid dienone is 7. The molecule has 4 heteroatoms. The highest BCUT2D eigenvalue weighted by Gasteiger charge is 2.56. The molecule has 0 bridgehead atoms. The zero-order valence-corrected chi connectivity index (χ0v) is 28.0. The molecule has 6 aliphatic rings. The summed E-state index contributed by atoms with van der Waals surface area (Å²) >= 11 is 0. The first-order valence-corrected chi connectivity index (χ1v) is 18.1. The Bertz CT molecular complexity index is 2420. The molecule has 3 atom stereocenters. The Morgan fingerprint density at radius 1 is 0.745 bits per heavy atom. The fourth-order valence-electron chi connectivity index (χ4n) is 9.56. The molecule has 4 nitrogen and oxygen atoms in total. The molecule has 3 heterocycles. The van der Waals surface area contributed by atoms with Gasteiger partial charge in [-0.2, -0.15) is 0 Å². The summed E-state index contributed by atoms with van der Waals surface area (Å²) in [5.74, 6) is 3.09. The first kappa shape index (κ1) is 28.7. The summed E-state index contributed by atoms with van der Waals surface area (Å²) in [5.41, 5.74) is 13.3. The molecule has 1 N–H and O–H groups in total. The lowest BCUT2D eigenvalue weighted by Gasteiger charge is -2.42. The van der Waals surface area contributed by atoms with Crippen LogP contribution in [0.4, 0.5) is 5.69 Å². The van der Waals surface area contributed by atoms with Gasteiger partial charge in [-0.05, 0) is 70.0 Å². The number of nitrogens with zero attached hydrogens (tertiary/aromatic N) is 2. The standard InChI is InChI=1S/C47H35N3O/c1-3-15-30(16-4-1)39-29-43(49-46(48-39)31-17-5-2-6-18-31)50-40-24-12-8-19-32(40)33-27-28-38-44(45(33)50)34-20-7-9-21-35(34)47(38)36-22-10-13-25-41(36)51-42-26-14-11-23-37(42)47/h1-3,5-15,17-29,33,45-46,49H,4,16H2. The first-order chi connectivity index (χ1) is 25.3. The van der Waals surface area contributed by atoms with Crippen LogP contribution in [0.1, 0.15) is 58.3 Å². The Kier molecular flexibility index (Phi) is 6.15. The molecule has 5 aromatic carbocycles. The fourth-order valence-corrected chi connectivity index (χ4v) is 9.56. The van der Waals surface area contributed by atoms with Crippen LogP contribution in [-0.4, -0.2) is 11.8 Å². The van der Waals surface area contributed by atoms with Gasteiger partial charge in [-0.25, -0.2) is 0 Å². The summed E-state index contributed by atoms with van der Waals surface area (Å²) in [6, 6.07) is 46.0. The van der Waals surface area contributed by atoms with Crippen molar-refractivity contribution in [3.05, 3.63) is 214 Å². The highest BCUT2D eigenvalue weighted by Crippen LogP contribution is 2.65. The smallest absolute Gasteiger partial charge is 0.146 e. The van der Waals surface area contributed by atoms with Gasteiger partial charge < -0.3 is 15.0 Å². The van der Waals surface area contributed by atoms with E-state index in [1.807, 2.05) is 0 Å². The third-order valence-electron chi connectivity index (χ3n) is 11.6. The summed E-state index contributed by atoms with van der Waals surface area (Å²) in [6.07, 6.45) is 15.7. The molecule has 0 saturated carbocycles. The molecule has 3 unspecified atom stereocenters. The van der Waals surface area contributed by atoms with Gasteiger partial charge >= 0.3 is 0 Å². The Hall–Kier alpha value is -6.13. The lowest BCUT2D eigenvalue weighted by atomic mass is 9.64. The van der Waals surface area contributed by atoms with Gasteiger partial charge in [0.2, 0.25) is 0 Å². The van der Waals surface area contributed by atoms with Gasteiger partial charge in [-0.15, -0.1) is 0 Å². The number of anilines is 1. The van der Waals surface area contributed by atoms with Crippen LogP contribution < -0.4 is 15.0 Å². The van der Waals surface area contributed by atoms with E-state index in [2.05, 4.69) is 174 Å². The average molecular weight is 658 g/mol. The Morgan fingerprint density at radius 3 is 2.24 bits per heavy atom. The topological polar surface area (TPSA) is 36.9 Å². The molecule has 3 aliphatic heterocycles. The van der Waals surface area contributed by atoms with Crippen LogP contribution in [0, 0.1) is 0 Å². The number of nitrogens with one attached hydrogen (secondary N) is 1. The highest BCUT2D eigenvalue weighted by atomic mass is 16.5. The summed E-state index contributed by atoms with van der Waals surface area (Å²) in [4.78, 5) is 7.93. The van der Waals surface area contributed by atoms with E-state index in [4.69, 9.17) is 9.73 Å². The third-order valence-corrected chi connectivity index (χ3v) is 11.6. The van der Waals surface area contributed by atoms with Gasteiger partial charge in [0.25, 0.3) is 0 Å². The molecule has 0 fully saturated rings. The zero-order valence-electron chi connectivity index (χ0n) is 28.0. The molecule has 244 valence electrons. The molecular formula is C47H35N3O.